The van der Waals surface area contributed by atoms with E-state index < -0.39 is 0 Å². The fraction of sp³-hybridized carbons (Fsp3) is 0.444. The Morgan fingerprint density at radius 1 is 1.29 bits per heavy atom. The number of hydrogen-bond acceptors (Lipinski definition) is 3. The van der Waals surface area contributed by atoms with Gasteiger partial charge in [0.1, 0.15) is 5.75 Å². The molecule has 0 bridgehead atoms. The molecule has 0 amide bonds. The molecule has 0 radical (unpaired) electrons. The fourth-order valence-electron chi connectivity index (χ4n) is 2.45. The summed E-state index contributed by atoms with van der Waals surface area (Å²) in [6.45, 7) is 8.04. The summed E-state index contributed by atoms with van der Waals surface area (Å²) in [6, 6.07) is 8.77. The van der Waals surface area contributed by atoms with E-state index in [9.17, 15) is 0 Å². The minimum Gasteiger partial charge on any atom is -0.494 e. The maximum atomic E-state index is 5.62. The summed E-state index contributed by atoms with van der Waals surface area (Å²) in [5.41, 5.74) is 2.46. The molecule has 0 saturated carbocycles. The van der Waals surface area contributed by atoms with Crippen LogP contribution in [0.5, 0.6) is 5.75 Å². The van der Waals surface area contributed by atoms with Crippen LogP contribution >= 0.6 is 0 Å². The van der Waals surface area contributed by atoms with E-state index in [1.807, 2.05) is 19.2 Å². The summed E-state index contributed by atoms with van der Waals surface area (Å²) >= 11 is 0. The van der Waals surface area contributed by atoms with Gasteiger partial charge in [-0.25, -0.2) is 0 Å². The lowest BCUT2D eigenvalue weighted by Crippen LogP contribution is -2.34. The summed E-state index contributed by atoms with van der Waals surface area (Å²) in [5.74, 6) is 0.934. The van der Waals surface area contributed by atoms with E-state index in [1.165, 1.54) is 11.4 Å². The summed E-state index contributed by atoms with van der Waals surface area (Å²) < 4.78 is 5.62. The third kappa shape index (κ3) is 4.55. The summed E-state index contributed by atoms with van der Waals surface area (Å²) in [4.78, 5) is 2.39. The molecule has 1 aromatic rings. The third-order valence-corrected chi connectivity index (χ3v) is 3.53. The largest absolute Gasteiger partial charge is 0.494 e. The van der Waals surface area contributed by atoms with E-state index in [2.05, 4.69) is 54.4 Å². The number of benzene rings is 1. The van der Waals surface area contributed by atoms with E-state index in [-0.39, 0.29) is 0 Å². The average molecular weight is 286 g/mol. The Morgan fingerprint density at radius 3 is 2.90 bits per heavy atom. The van der Waals surface area contributed by atoms with Crippen molar-refractivity contribution in [3.8, 4) is 5.75 Å². The maximum Gasteiger partial charge on any atom is 0.121 e. The summed E-state index contributed by atoms with van der Waals surface area (Å²) in [6.07, 6.45) is 8.73. The fourth-order valence-corrected chi connectivity index (χ4v) is 2.45. The van der Waals surface area contributed by atoms with Crippen molar-refractivity contribution in [2.24, 2.45) is 0 Å². The predicted octanol–water partition coefficient (Wildman–Crippen LogP) is 4.08. The lowest BCUT2D eigenvalue weighted by Gasteiger charge is -2.30. The lowest BCUT2D eigenvalue weighted by atomic mass is 10.2. The highest BCUT2D eigenvalue weighted by Gasteiger charge is 2.13. The number of nitrogens with zero attached hydrogens (tertiary/aromatic N) is 1. The molecule has 3 heteroatoms. The number of ether oxygens (including phenoxy) is 1. The Balaban J connectivity index is 2.16. The predicted molar refractivity (Wildman–Crippen MR) is 89.7 cm³/mol. The molecule has 0 atom stereocenters. The van der Waals surface area contributed by atoms with Crippen molar-refractivity contribution in [2.45, 2.75) is 39.7 Å². The van der Waals surface area contributed by atoms with Gasteiger partial charge in [0.25, 0.3) is 0 Å². The normalized spacial score (nSPS) is 14.4. The zero-order valence-corrected chi connectivity index (χ0v) is 13.3. The standard InChI is InChI=1S/C18H26N2O/c1-4-21-18-11-8-10-17(13-18)20(15(2)3)14-16-9-6-5-7-12-19-16/h7-13,15,19H,4-6,14H2,1-3H3. The van der Waals surface area contributed by atoms with E-state index >= 15 is 0 Å². The minimum absolute atomic E-state index is 0.428. The maximum absolute atomic E-state index is 5.62. The van der Waals surface area contributed by atoms with Gasteiger partial charge in [0.15, 0.2) is 0 Å². The SMILES string of the molecule is CCOc1cccc(N(CC2=CCCC=CN2)C(C)C)c1. The third-order valence-electron chi connectivity index (χ3n) is 3.53. The molecule has 1 N–H and O–H groups in total. The number of allylic oxidation sites excluding steroid dienone is 2. The lowest BCUT2D eigenvalue weighted by molar-refractivity contribution is 0.340. The second-order valence-electron chi connectivity index (χ2n) is 5.51. The first kappa shape index (κ1) is 15.5. The molecule has 0 spiro atoms. The van der Waals surface area contributed by atoms with Crippen molar-refractivity contribution < 1.29 is 4.74 Å². The van der Waals surface area contributed by atoms with Crippen LogP contribution in [0.3, 0.4) is 0 Å². The molecule has 0 fully saturated rings. The smallest absolute Gasteiger partial charge is 0.121 e. The highest BCUT2D eigenvalue weighted by atomic mass is 16.5. The number of rotatable bonds is 6. The Labute approximate surface area is 128 Å². The van der Waals surface area contributed by atoms with Crippen molar-refractivity contribution in [1.82, 2.24) is 5.32 Å². The van der Waals surface area contributed by atoms with Gasteiger partial charge in [-0.15, -0.1) is 0 Å². The molecule has 2 rings (SSSR count). The molecule has 21 heavy (non-hydrogen) atoms. The first-order valence-electron chi connectivity index (χ1n) is 7.80. The molecular formula is C18H26N2O. The second-order valence-corrected chi connectivity index (χ2v) is 5.51. The highest BCUT2D eigenvalue weighted by Crippen LogP contribution is 2.24. The van der Waals surface area contributed by atoms with Gasteiger partial charge in [0.05, 0.1) is 13.2 Å². The van der Waals surface area contributed by atoms with Crippen LogP contribution in [0.4, 0.5) is 5.69 Å². The van der Waals surface area contributed by atoms with Crippen LogP contribution in [0.15, 0.2) is 48.3 Å². The molecule has 1 aliphatic rings. The van der Waals surface area contributed by atoms with Gasteiger partial charge in [0, 0.05) is 23.5 Å². The van der Waals surface area contributed by atoms with Gasteiger partial charge < -0.3 is 15.0 Å². The van der Waals surface area contributed by atoms with Gasteiger partial charge in [-0.2, -0.15) is 0 Å². The molecule has 1 aliphatic heterocycles. The zero-order valence-electron chi connectivity index (χ0n) is 13.3. The van der Waals surface area contributed by atoms with Crippen molar-refractivity contribution in [2.75, 3.05) is 18.1 Å². The molecule has 1 aromatic carbocycles. The number of anilines is 1. The van der Waals surface area contributed by atoms with E-state index in [0.29, 0.717) is 12.6 Å². The van der Waals surface area contributed by atoms with Crippen LogP contribution in [-0.4, -0.2) is 19.2 Å². The Hall–Kier alpha value is -1.90. The summed E-state index contributed by atoms with van der Waals surface area (Å²) in [5, 5.41) is 3.38. The minimum atomic E-state index is 0.428. The molecule has 3 nitrogen and oxygen atoms in total. The monoisotopic (exact) mass is 286 g/mol. The van der Waals surface area contributed by atoms with Crippen LogP contribution in [0.1, 0.15) is 33.6 Å². The van der Waals surface area contributed by atoms with Crippen LogP contribution in [0, 0.1) is 0 Å². The van der Waals surface area contributed by atoms with Crippen LogP contribution in [0.2, 0.25) is 0 Å². The second kappa shape index (κ2) is 7.77. The van der Waals surface area contributed by atoms with E-state index in [1.54, 1.807) is 0 Å². The van der Waals surface area contributed by atoms with E-state index in [4.69, 9.17) is 4.74 Å². The topological polar surface area (TPSA) is 24.5 Å². The van der Waals surface area contributed by atoms with Crippen molar-refractivity contribution >= 4 is 5.69 Å². The molecule has 0 aromatic heterocycles. The molecule has 0 aliphatic carbocycles. The quantitative estimate of drug-likeness (QED) is 0.852. The van der Waals surface area contributed by atoms with Crippen LogP contribution in [-0.2, 0) is 0 Å². The average Bonchev–Trinajstić information content (AvgIpc) is 2.73. The molecule has 0 unspecified atom stereocenters. The molecule has 114 valence electrons. The Bertz CT molecular complexity index is 506. The first-order valence-corrected chi connectivity index (χ1v) is 7.80. The van der Waals surface area contributed by atoms with Gasteiger partial charge in [-0.1, -0.05) is 18.2 Å². The van der Waals surface area contributed by atoms with Gasteiger partial charge >= 0.3 is 0 Å². The van der Waals surface area contributed by atoms with Crippen molar-refractivity contribution in [3.05, 3.63) is 48.3 Å². The van der Waals surface area contributed by atoms with Crippen LogP contribution < -0.4 is 15.0 Å². The number of hydrogen-bond donors (Lipinski definition) is 1. The zero-order chi connectivity index (χ0) is 15.1. The Kier molecular flexibility index (Phi) is 5.73. The van der Waals surface area contributed by atoms with Crippen molar-refractivity contribution in [1.29, 1.82) is 0 Å². The first-order chi connectivity index (χ1) is 10.2. The van der Waals surface area contributed by atoms with Gasteiger partial charge in [-0.05, 0) is 51.9 Å². The van der Waals surface area contributed by atoms with Gasteiger partial charge in [-0.3, -0.25) is 0 Å². The van der Waals surface area contributed by atoms with E-state index in [0.717, 1.165) is 25.1 Å². The Morgan fingerprint density at radius 2 is 2.14 bits per heavy atom. The van der Waals surface area contributed by atoms with Crippen molar-refractivity contribution in [3.63, 3.8) is 0 Å². The molecular weight excluding hydrogens is 260 g/mol. The molecule has 0 saturated heterocycles. The highest BCUT2D eigenvalue weighted by molar-refractivity contribution is 5.52. The number of nitrogens with one attached hydrogen (secondary N) is 1. The molecule has 1 heterocycles. The summed E-state index contributed by atoms with van der Waals surface area (Å²) in [7, 11) is 0. The van der Waals surface area contributed by atoms with Crippen LogP contribution in [0.25, 0.3) is 0 Å². The van der Waals surface area contributed by atoms with Gasteiger partial charge in [0.2, 0.25) is 0 Å².